The summed E-state index contributed by atoms with van der Waals surface area (Å²) in [5.41, 5.74) is 3.76. The molecule has 21 heavy (non-hydrogen) atoms. The number of nitrogens with zero attached hydrogens (tertiary/aromatic N) is 3. The maximum atomic E-state index is 6.36. The molecule has 2 aromatic heterocycles. The summed E-state index contributed by atoms with van der Waals surface area (Å²) >= 11 is 12.3. The minimum atomic E-state index is 0.516. The van der Waals surface area contributed by atoms with Gasteiger partial charge in [-0.1, -0.05) is 22.8 Å². The largest absolute Gasteiger partial charge is 0.361 e. The van der Waals surface area contributed by atoms with Crippen LogP contribution in [0.5, 0.6) is 0 Å². The minimum Gasteiger partial charge on any atom is -0.361 e. The average molecular weight is 324 g/mol. The smallest absolute Gasteiger partial charge is 0.138 e. The highest BCUT2D eigenvalue weighted by Gasteiger charge is 2.17. The Bertz CT molecular complexity index is 772. The van der Waals surface area contributed by atoms with Gasteiger partial charge in [-0.2, -0.15) is 0 Å². The Kier molecular flexibility index (Phi) is 3.91. The third-order valence-corrected chi connectivity index (χ3v) is 4.11. The number of hydrogen-bond acceptors (Lipinski definition) is 3. The minimum absolute atomic E-state index is 0.516. The van der Waals surface area contributed by atoms with E-state index in [1.54, 1.807) is 0 Å². The van der Waals surface area contributed by atoms with Crippen molar-refractivity contribution in [2.75, 3.05) is 5.88 Å². The molecule has 0 aliphatic rings. The third kappa shape index (κ3) is 2.54. The fourth-order valence-electron chi connectivity index (χ4n) is 2.52. The van der Waals surface area contributed by atoms with Crippen molar-refractivity contribution in [2.24, 2.45) is 0 Å². The quantitative estimate of drug-likeness (QED) is 0.678. The van der Waals surface area contributed by atoms with Gasteiger partial charge in [-0.15, -0.1) is 11.6 Å². The summed E-state index contributed by atoms with van der Waals surface area (Å²) in [6, 6.07) is 5.74. The zero-order valence-electron chi connectivity index (χ0n) is 11.9. The number of halogens is 2. The van der Waals surface area contributed by atoms with E-state index in [2.05, 4.69) is 14.7 Å². The molecule has 6 heteroatoms. The molecule has 0 radical (unpaired) electrons. The number of alkyl halides is 1. The molecule has 0 N–H and O–H groups in total. The number of benzene rings is 1. The fraction of sp³-hybridized carbons (Fsp3) is 0.333. The number of aromatic nitrogens is 3. The van der Waals surface area contributed by atoms with Crippen LogP contribution in [-0.4, -0.2) is 20.6 Å². The Morgan fingerprint density at radius 3 is 2.76 bits per heavy atom. The number of imidazole rings is 1. The monoisotopic (exact) mass is 323 g/mol. The lowest BCUT2D eigenvalue weighted by Crippen LogP contribution is -2.07. The van der Waals surface area contributed by atoms with Crippen molar-refractivity contribution >= 4 is 34.2 Å². The summed E-state index contributed by atoms with van der Waals surface area (Å²) in [7, 11) is 0. The molecule has 0 aliphatic carbocycles. The van der Waals surface area contributed by atoms with Gasteiger partial charge in [-0.25, -0.2) is 4.98 Å². The maximum Gasteiger partial charge on any atom is 0.138 e. The molecule has 0 amide bonds. The van der Waals surface area contributed by atoms with E-state index in [9.17, 15) is 0 Å². The normalized spacial score (nSPS) is 11.4. The van der Waals surface area contributed by atoms with E-state index < -0.39 is 0 Å². The Hall–Kier alpha value is -1.52. The van der Waals surface area contributed by atoms with Crippen molar-refractivity contribution in [1.29, 1.82) is 0 Å². The molecular formula is C15H15Cl2N3O. The van der Waals surface area contributed by atoms with Crippen LogP contribution in [0.25, 0.3) is 11.0 Å². The SMILES string of the molecule is Cc1noc(C)c1Cn1c(CCCl)nc2cccc(Cl)c21. The molecule has 3 rings (SSSR count). The summed E-state index contributed by atoms with van der Waals surface area (Å²) in [6.07, 6.45) is 0.690. The predicted octanol–water partition coefficient (Wildman–Crippen LogP) is 4.12. The molecule has 2 heterocycles. The van der Waals surface area contributed by atoms with Crippen LogP contribution in [0.2, 0.25) is 5.02 Å². The van der Waals surface area contributed by atoms with E-state index in [4.69, 9.17) is 27.7 Å². The molecule has 0 saturated carbocycles. The second kappa shape index (κ2) is 5.70. The Balaban J connectivity index is 2.17. The number of aryl methyl sites for hydroxylation is 3. The third-order valence-electron chi connectivity index (χ3n) is 3.61. The molecular weight excluding hydrogens is 309 g/mol. The molecule has 0 atom stereocenters. The first-order chi connectivity index (χ1) is 10.1. The molecule has 0 saturated heterocycles. The molecule has 0 unspecified atom stereocenters. The highest BCUT2D eigenvalue weighted by atomic mass is 35.5. The van der Waals surface area contributed by atoms with Gasteiger partial charge in [-0.3, -0.25) is 0 Å². The van der Waals surface area contributed by atoms with E-state index in [-0.39, 0.29) is 0 Å². The van der Waals surface area contributed by atoms with Crippen LogP contribution in [0.3, 0.4) is 0 Å². The van der Waals surface area contributed by atoms with Crippen molar-refractivity contribution in [3.63, 3.8) is 0 Å². The number of para-hydroxylation sites is 1. The van der Waals surface area contributed by atoms with Crippen molar-refractivity contribution in [3.05, 3.63) is 46.1 Å². The number of rotatable bonds is 4. The highest BCUT2D eigenvalue weighted by molar-refractivity contribution is 6.35. The molecule has 0 bridgehead atoms. The molecule has 0 fully saturated rings. The van der Waals surface area contributed by atoms with Crippen molar-refractivity contribution in [2.45, 2.75) is 26.8 Å². The van der Waals surface area contributed by atoms with E-state index in [0.717, 1.165) is 33.9 Å². The van der Waals surface area contributed by atoms with Gasteiger partial charge in [0.25, 0.3) is 0 Å². The fourth-order valence-corrected chi connectivity index (χ4v) is 2.96. The molecule has 1 aromatic carbocycles. The summed E-state index contributed by atoms with van der Waals surface area (Å²) in [6.45, 7) is 4.48. The second-order valence-corrected chi connectivity index (χ2v) is 5.75. The highest BCUT2D eigenvalue weighted by Crippen LogP contribution is 2.27. The summed E-state index contributed by atoms with van der Waals surface area (Å²) in [4.78, 5) is 4.65. The van der Waals surface area contributed by atoms with Gasteiger partial charge in [0.15, 0.2) is 0 Å². The van der Waals surface area contributed by atoms with Crippen LogP contribution in [0.4, 0.5) is 0 Å². The summed E-state index contributed by atoms with van der Waals surface area (Å²) in [5.74, 6) is 2.26. The lowest BCUT2D eigenvalue weighted by molar-refractivity contribution is 0.392. The number of fused-ring (bicyclic) bond motifs is 1. The summed E-state index contributed by atoms with van der Waals surface area (Å²) < 4.78 is 7.35. The van der Waals surface area contributed by atoms with Gasteiger partial charge >= 0.3 is 0 Å². The first-order valence-corrected chi connectivity index (χ1v) is 7.64. The topological polar surface area (TPSA) is 43.9 Å². The molecule has 0 spiro atoms. The average Bonchev–Trinajstić information content (AvgIpc) is 2.96. The molecule has 110 valence electrons. The number of hydrogen-bond donors (Lipinski definition) is 0. The van der Waals surface area contributed by atoms with Gasteiger partial charge in [-0.05, 0) is 26.0 Å². The van der Waals surface area contributed by atoms with Crippen LogP contribution in [0, 0.1) is 13.8 Å². The van der Waals surface area contributed by atoms with E-state index in [0.29, 0.717) is 23.9 Å². The van der Waals surface area contributed by atoms with Gasteiger partial charge in [0.2, 0.25) is 0 Å². The molecule has 3 aromatic rings. The lowest BCUT2D eigenvalue weighted by atomic mass is 10.2. The zero-order chi connectivity index (χ0) is 15.0. The van der Waals surface area contributed by atoms with Gasteiger partial charge in [0.05, 0.1) is 28.3 Å². The van der Waals surface area contributed by atoms with Crippen LogP contribution in [0.1, 0.15) is 22.8 Å². The zero-order valence-corrected chi connectivity index (χ0v) is 13.4. The van der Waals surface area contributed by atoms with Crippen molar-refractivity contribution < 1.29 is 4.52 Å². The second-order valence-electron chi connectivity index (χ2n) is 4.96. The van der Waals surface area contributed by atoms with Crippen molar-refractivity contribution in [3.8, 4) is 0 Å². The Morgan fingerprint density at radius 1 is 1.29 bits per heavy atom. The molecule has 4 nitrogen and oxygen atoms in total. The lowest BCUT2D eigenvalue weighted by Gasteiger charge is -2.09. The van der Waals surface area contributed by atoms with Crippen LogP contribution < -0.4 is 0 Å². The van der Waals surface area contributed by atoms with E-state index in [1.807, 2.05) is 32.0 Å². The van der Waals surface area contributed by atoms with E-state index >= 15 is 0 Å². The Morgan fingerprint density at radius 2 is 2.10 bits per heavy atom. The molecule has 0 aliphatic heterocycles. The van der Waals surface area contributed by atoms with Crippen LogP contribution in [0.15, 0.2) is 22.7 Å². The first kappa shape index (κ1) is 14.4. The summed E-state index contributed by atoms with van der Waals surface area (Å²) in [5, 5.41) is 4.69. The predicted molar refractivity (Wildman–Crippen MR) is 84.2 cm³/mol. The Labute approximate surface area is 132 Å². The van der Waals surface area contributed by atoms with Gasteiger partial charge < -0.3 is 9.09 Å². The first-order valence-electron chi connectivity index (χ1n) is 6.73. The van der Waals surface area contributed by atoms with Crippen molar-refractivity contribution in [1.82, 2.24) is 14.7 Å². The van der Waals surface area contributed by atoms with Crippen LogP contribution >= 0.6 is 23.2 Å². The van der Waals surface area contributed by atoms with Gasteiger partial charge in [0.1, 0.15) is 11.6 Å². The van der Waals surface area contributed by atoms with E-state index in [1.165, 1.54) is 0 Å². The van der Waals surface area contributed by atoms with Gasteiger partial charge in [0, 0.05) is 17.9 Å². The maximum absolute atomic E-state index is 6.36. The standard InChI is InChI=1S/C15H15Cl2N3O/c1-9-11(10(2)21-19-9)8-20-14(6-7-16)18-13-5-3-4-12(17)15(13)20/h3-5H,6-8H2,1-2H3. The van der Waals surface area contributed by atoms with Crippen LogP contribution in [-0.2, 0) is 13.0 Å².